The molecule has 2 rings (SSSR count). The lowest BCUT2D eigenvalue weighted by atomic mass is 10.1. The maximum atomic E-state index is 12.4. The molecule has 0 fully saturated rings. The summed E-state index contributed by atoms with van der Waals surface area (Å²) >= 11 is 0. The van der Waals surface area contributed by atoms with E-state index in [1.807, 2.05) is 33.8 Å². The van der Waals surface area contributed by atoms with Crippen LogP contribution in [0.3, 0.4) is 0 Å². The summed E-state index contributed by atoms with van der Waals surface area (Å²) in [6, 6.07) is 6.80. The average Bonchev–Trinajstić information content (AvgIpc) is 3.03. The fourth-order valence-corrected chi connectivity index (χ4v) is 2.26. The van der Waals surface area contributed by atoms with Crippen molar-refractivity contribution >= 4 is 12.1 Å². The number of furan rings is 1. The van der Waals surface area contributed by atoms with E-state index in [0.29, 0.717) is 48.4 Å². The number of amides is 1. The van der Waals surface area contributed by atoms with Gasteiger partial charge in [-0.1, -0.05) is 0 Å². The van der Waals surface area contributed by atoms with Gasteiger partial charge in [-0.05, 0) is 52.0 Å². The molecular formula is C19H24N2O5. The summed E-state index contributed by atoms with van der Waals surface area (Å²) in [6.07, 6.45) is 1.44. The summed E-state index contributed by atoms with van der Waals surface area (Å²) in [6.45, 7) is 8.76. The Labute approximate surface area is 152 Å². The van der Waals surface area contributed by atoms with Gasteiger partial charge in [-0.3, -0.25) is 4.79 Å². The van der Waals surface area contributed by atoms with Crippen molar-refractivity contribution in [3.63, 3.8) is 0 Å². The Morgan fingerprint density at radius 1 is 1.08 bits per heavy atom. The molecule has 0 saturated heterocycles. The highest BCUT2D eigenvalue weighted by atomic mass is 16.5. The largest absolute Gasteiger partial charge is 0.490 e. The van der Waals surface area contributed by atoms with Crippen LogP contribution in [-0.4, -0.2) is 31.9 Å². The average molecular weight is 360 g/mol. The number of nitrogens with zero attached hydrogens (tertiary/aromatic N) is 1. The van der Waals surface area contributed by atoms with Gasteiger partial charge in [0, 0.05) is 5.56 Å². The van der Waals surface area contributed by atoms with Crippen molar-refractivity contribution in [2.75, 3.05) is 19.8 Å². The van der Waals surface area contributed by atoms with E-state index in [0.717, 1.165) is 5.76 Å². The maximum absolute atomic E-state index is 12.4. The van der Waals surface area contributed by atoms with Crippen molar-refractivity contribution in [2.24, 2.45) is 5.10 Å². The molecule has 26 heavy (non-hydrogen) atoms. The Morgan fingerprint density at radius 3 is 2.19 bits per heavy atom. The third-order valence-corrected chi connectivity index (χ3v) is 3.29. The summed E-state index contributed by atoms with van der Waals surface area (Å²) in [7, 11) is 0. The van der Waals surface area contributed by atoms with Crippen molar-refractivity contribution in [1.82, 2.24) is 5.43 Å². The van der Waals surface area contributed by atoms with E-state index >= 15 is 0 Å². The van der Waals surface area contributed by atoms with Crippen LogP contribution in [0.2, 0.25) is 0 Å². The number of hydrogen-bond donors (Lipinski definition) is 1. The highest BCUT2D eigenvalue weighted by Crippen LogP contribution is 2.39. The highest BCUT2D eigenvalue weighted by Gasteiger charge is 2.18. The molecule has 0 atom stereocenters. The molecular weight excluding hydrogens is 336 g/mol. The number of hydrazone groups is 1. The van der Waals surface area contributed by atoms with Gasteiger partial charge in [-0.2, -0.15) is 5.10 Å². The standard InChI is InChI=1S/C19H24N2O5/c1-5-23-16-10-14(11-17(24-6-2)18(16)25-7-3)19(22)21-20-12-15-9-8-13(4)26-15/h8-12H,5-7H2,1-4H3,(H,21,22)/b20-12-. The lowest BCUT2D eigenvalue weighted by Gasteiger charge is -2.16. The molecule has 0 aliphatic carbocycles. The van der Waals surface area contributed by atoms with Crippen LogP contribution < -0.4 is 19.6 Å². The maximum Gasteiger partial charge on any atom is 0.271 e. The summed E-state index contributed by atoms with van der Waals surface area (Å²) in [5.41, 5.74) is 2.82. The molecule has 1 aromatic carbocycles. The number of nitrogens with one attached hydrogen (secondary N) is 1. The van der Waals surface area contributed by atoms with Gasteiger partial charge in [0.15, 0.2) is 11.5 Å². The van der Waals surface area contributed by atoms with Crippen LogP contribution in [0.4, 0.5) is 0 Å². The lowest BCUT2D eigenvalue weighted by Crippen LogP contribution is -2.18. The number of ether oxygens (including phenoxy) is 3. The van der Waals surface area contributed by atoms with Gasteiger partial charge in [0.05, 0.1) is 26.0 Å². The number of carbonyl (C=O) groups excluding carboxylic acids is 1. The van der Waals surface area contributed by atoms with Gasteiger partial charge in [0.2, 0.25) is 5.75 Å². The van der Waals surface area contributed by atoms with Crippen molar-refractivity contribution in [2.45, 2.75) is 27.7 Å². The minimum absolute atomic E-state index is 0.355. The first-order chi connectivity index (χ1) is 12.6. The van der Waals surface area contributed by atoms with Crippen molar-refractivity contribution in [3.05, 3.63) is 41.3 Å². The quantitative estimate of drug-likeness (QED) is 0.546. The summed E-state index contributed by atoms with van der Waals surface area (Å²) in [4.78, 5) is 12.4. The Morgan fingerprint density at radius 2 is 1.69 bits per heavy atom. The van der Waals surface area contributed by atoms with Gasteiger partial charge in [0.1, 0.15) is 11.5 Å². The Bertz CT molecular complexity index is 740. The third-order valence-electron chi connectivity index (χ3n) is 3.29. The van der Waals surface area contributed by atoms with E-state index in [2.05, 4.69) is 10.5 Å². The summed E-state index contributed by atoms with van der Waals surface area (Å²) in [5.74, 6) is 2.33. The minimum Gasteiger partial charge on any atom is -0.490 e. The Hall–Kier alpha value is -2.96. The predicted molar refractivity (Wildman–Crippen MR) is 98.5 cm³/mol. The first kappa shape index (κ1) is 19.4. The molecule has 1 amide bonds. The van der Waals surface area contributed by atoms with Crippen LogP contribution in [-0.2, 0) is 0 Å². The molecule has 1 N–H and O–H groups in total. The number of benzene rings is 1. The second kappa shape index (κ2) is 9.50. The van der Waals surface area contributed by atoms with E-state index < -0.39 is 5.91 Å². The zero-order valence-corrected chi connectivity index (χ0v) is 15.5. The lowest BCUT2D eigenvalue weighted by molar-refractivity contribution is 0.0954. The molecule has 0 unspecified atom stereocenters. The van der Waals surface area contributed by atoms with Crippen molar-refractivity contribution < 1.29 is 23.4 Å². The summed E-state index contributed by atoms with van der Waals surface area (Å²) < 4.78 is 22.2. The number of aryl methyl sites for hydroxylation is 1. The normalized spacial score (nSPS) is 10.8. The second-order valence-electron chi connectivity index (χ2n) is 5.25. The van der Waals surface area contributed by atoms with Crippen LogP contribution in [0.1, 0.15) is 42.6 Å². The molecule has 0 bridgehead atoms. The molecule has 0 saturated carbocycles. The Balaban J connectivity index is 2.23. The Kier molecular flexibility index (Phi) is 7.08. The fourth-order valence-electron chi connectivity index (χ4n) is 2.26. The molecule has 140 valence electrons. The number of rotatable bonds is 9. The van der Waals surface area contributed by atoms with Gasteiger partial charge in [0.25, 0.3) is 5.91 Å². The van der Waals surface area contributed by atoms with Crippen molar-refractivity contribution in [1.29, 1.82) is 0 Å². The number of hydrogen-bond acceptors (Lipinski definition) is 6. The molecule has 7 nitrogen and oxygen atoms in total. The molecule has 0 radical (unpaired) electrons. The second-order valence-corrected chi connectivity index (χ2v) is 5.25. The van der Waals surface area contributed by atoms with Crippen LogP contribution in [0.15, 0.2) is 33.8 Å². The van der Waals surface area contributed by atoms with E-state index in [9.17, 15) is 4.79 Å². The van der Waals surface area contributed by atoms with E-state index in [4.69, 9.17) is 18.6 Å². The predicted octanol–water partition coefficient (Wildman–Crippen LogP) is 3.55. The van der Waals surface area contributed by atoms with Crippen LogP contribution in [0.25, 0.3) is 0 Å². The molecule has 7 heteroatoms. The highest BCUT2D eigenvalue weighted by molar-refractivity contribution is 5.96. The molecule has 1 heterocycles. The molecule has 0 aliphatic rings. The van der Waals surface area contributed by atoms with Gasteiger partial charge >= 0.3 is 0 Å². The molecule has 2 aromatic rings. The SMILES string of the molecule is CCOc1cc(C(=O)N/N=C\c2ccc(C)o2)cc(OCC)c1OCC. The van der Waals surface area contributed by atoms with E-state index in [1.165, 1.54) is 6.21 Å². The fraction of sp³-hybridized carbons (Fsp3) is 0.368. The van der Waals surface area contributed by atoms with Crippen LogP contribution in [0, 0.1) is 6.92 Å². The first-order valence-corrected chi connectivity index (χ1v) is 8.55. The van der Waals surface area contributed by atoms with Crippen LogP contribution in [0.5, 0.6) is 17.2 Å². The molecule has 1 aromatic heterocycles. The minimum atomic E-state index is -0.394. The molecule has 0 spiro atoms. The van der Waals surface area contributed by atoms with Gasteiger partial charge in [-0.25, -0.2) is 5.43 Å². The first-order valence-electron chi connectivity index (χ1n) is 8.55. The van der Waals surface area contributed by atoms with Crippen LogP contribution >= 0.6 is 0 Å². The van der Waals surface area contributed by atoms with Crippen molar-refractivity contribution in [3.8, 4) is 17.2 Å². The monoisotopic (exact) mass is 360 g/mol. The van der Waals surface area contributed by atoms with E-state index in [1.54, 1.807) is 18.2 Å². The third kappa shape index (κ3) is 5.02. The topological polar surface area (TPSA) is 82.3 Å². The van der Waals surface area contributed by atoms with Gasteiger partial charge in [-0.15, -0.1) is 0 Å². The number of carbonyl (C=O) groups is 1. The van der Waals surface area contributed by atoms with E-state index in [-0.39, 0.29) is 0 Å². The van der Waals surface area contributed by atoms with Gasteiger partial charge < -0.3 is 18.6 Å². The zero-order chi connectivity index (χ0) is 18.9. The molecule has 0 aliphatic heterocycles. The summed E-state index contributed by atoms with van der Waals surface area (Å²) in [5, 5.41) is 3.91. The smallest absolute Gasteiger partial charge is 0.271 e. The zero-order valence-electron chi connectivity index (χ0n) is 15.5.